The second-order valence-corrected chi connectivity index (χ2v) is 5.62. The van der Waals surface area contributed by atoms with Crippen molar-refractivity contribution in [1.29, 1.82) is 0 Å². The van der Waals surface area contributed by atoms with Gasteiger partial charge in [0.05, 0.1) is 11.1 Å². The number of hydrogen-bond donors (Lipinski definition) is 1. The van der Waals surface area contributed by atoms with Crippen molar-refractivity contribution in [2.24, 2.45) is 0 Å². The number of rotatable bonds is 3. The van der Waals surface area contributed by atoms with Gasteiger partial charge in [0.15, 0.2) is 0 Å². The second kappa shape index (κ2) is 9.43. The van der Waals surface area contributed by atoms with Crippen LogP contribution in [-0.4, -0.2) is 31.1 Å². The van der Waals surface area contributed by atoms with Crippen LogP contribution in [0.3, 0.4) is 0 Å². The third-order valence-corrected chi connectivity index (χ3v) is 4.07. The smallest absolute Gasteiger partial charge is 0.314 e. The zero-order chi connectivity index (χ0) is 18.1. The molecular weight excluding hydrogens is 412 g/mol. The van der Waals surface area contributed by atoms with Crippen molar-refractivity contribution in [2.75, 3.05) is 26.2 Å². The number of nitrogens with zero attached hydrogens (tertiary/aromatic N) is 1. The Morgan fingerprint density at radius 2 is 1.54 bits per heavy atom. The number of alkyl halides is 6. The average molecular weight is 431 g/mol. The Balaban J connectivity index is 0.00000312. The van der Waals surface area contributed by atoms with Crippen LogP contribution in [0.1, 0.15) is 36.1 Å². The first-order valence-electron chi connectivity index (χ1n) is 7.48. The van der Waals surface area contributed by atoms with Gasteiger partial charge in [-0.05, 0) is 18.6 Å². The van der Waals surface area contributed by atoms with Gasteiger partial charge in [-0.2, -0.15) is 26.3 Å². The lowest BCUT2D eigenvalue weighted by molar-refractivity contribution is -0.144. The summed E-state index contributed by atoms with van der Waals surface area (Å²) in [5.41, 5.74) is -3.90. The summed E-state index contributed by atoms with van der Waals surface area (Å²) in [7, 11) is 0. The maximum absolute atomic E-state index is 14.3. The Bertz CT molecular complexity index is 585. The van der Waals surface area contributed by atoms with Gasteiger partial charge >= 0.3 is 12.4 Å². The maximum Gasteiger partial charge on any atom is 0.416 e. The minimum atomic E-state index is -5.07. The van der Waals surface area contributed by atoms with Gasteiger partial charge in [-0.3, -0.25) is 4.90 Å². The van der Waals surface area contributed by atoms with Crippen LogP contribution in [0.4, 0.5) is 30.7 Å². The van der Waals surface area contributed by atoms with Crippen molar-refractivity contribution in [3.8, 4) is 0 Å². The first-order valence-corrected chi connectivity index (χ1v) is 7.48. The van der Waals surface area contributed by atoms with Gasteiger partial charge in [0.1, 0.15) is 5.82 Å². The molecule has 0 saturated carbocycles. The summed E-state index contributed by atoms with van der Waals surface area (Å²) in [6.07, 6.45) is -9.96. The molecule has 1 aliphatic rings. The van der Waals surface area contributed by atoms with Crippen molar-refractivity contribution in [3.63, 3.8) is 0 Å². The van der Waals surface area contributed by atoms with Gasteiger partial charge < -0.3 is 5.32 Å². The van der Waals surface area contributed by atoms with Crippen LogP contribution in [-0.2, 0) is 12.4 Å². The van der Waals surface area contributed by atoms with E-state index in [9.17, 15) is 30.7 Å². The summed E-state index contributed by atoms with van der Waals surface area (Å²) in [6, 6.07) is -0.774. The number of benzene rings is 1. The second-order valence-electron chi connectivity index (χ2n) is 5.62. The molecule has 2 nitrogen and oxygen atoms in total. The van der Waals surface area contributed by atoms with E-state index in [1.165, 1.54) is 0 Å². The molecule has 1 aromatic carbocycles. The molecule has 1 aromatic rings. The van der Waals surface area contributed by atoms with E-state index in [1.807, 2.05) is 0 Å². The van der Waals surface area contributed by atoms with Gasteiger partial charge in [-0.1, -0.05) is 6.92 Å². The Labute approximate surface area is 158 Å². The number of piperazine rings is 1. The van der Waals surface area contributed by atoms with Gasteiger partial charge in [-0.15, -0.1) is 24.8 Å². The van der Waals surface area contributed by atoms with Crippen LogP contribution >= 0.6 is 24.8 Å². The number of halogens is 9. The van der Waals surface area contributed by atoms with E-state index in [0.717, 1.165) is 0 Å². The van der Waals surface area contributed by atoms with E-state index in [-0.39, 0.29) is 43.4 Å². The predicted octanol–water partition coefficient (Wildman–Crippen LogP) is 5.06. The largest absolute Gasteiger partial charge is 0.416 e. The molecule has 0 aliphatic carbocycles. The first-order chi connectivity index (χ1) is 11.1. The molecule has 1 heterocycles. The lowest BCUT2D eigenvalue weighted by Gasteiger charge is -2.36. The van der Waals surface area contributed by atoms with Crippen LogP contribution < -0.4 is 5.32 Å². The lowest BCUT2D eigenvalue weighted by atomic mass is 9.93. The lowest BCUT2D eigenvalue weighted by Crippen LogP contribution is -2.45. The van der Waals surface area contributed by atoms with Gasteiger partial charge in [-0.25, -0.2) is 4.39 Å². The van der Waals surface area contributed by atoms with E-state index < -0.39 is 40.9 Å². The Hall–Kier alpha value is -0.770. The molecule has 11 heteroatoms. The third-order valence-electron chi connectivity index (χ3n) is 4.07. The highest BCUT2D eigenvalue weighted by atomic mass is 35.5. The Morgan fingerprint density at radius 3 is 1.96 bits per heavy atom. The van der Waals surface area contributed by atoms with E-state index in [2.05, 4.69) is 5.32 Å². The number of nitrogens with one attached hydrogen (secondary N) is 1. The maximum atomic E-state index is 14.3. The minimum absolute atomic E-state index is 0. The molecular formula is C15H19Cl2F7N2. The quantitative estimate of drug-likeness (QED) is 0.673. The number of hydrogen-bond acceptors (Lipinski definition) is 2. The SMILES string of the molecule is CC[C@@H](c1c(F)cc(C(F)(F)F)cc1C(F)(F)F)N1CCNCC1.Cl.Cl. The standard InChI is InChI=1S/C15H17F7N2.2ClH/c1-2-12(24-5-3-23-4-6-24)13-10(15(20,21)22)7-9(8-11(13)16)14(17,18)19;;/h7-8,12,23H,2-6H2,1H3;2*1H/t12-;;/m0../s1. The third kappa shape index (κ3) is 5.61. The predicted molar refractivity (Wildman–Crippen MR) is 88.4 cm³/mol. The zero-order valence-corrected chi connectivity index (χ0v) is 15.3. The topological polar surface area (TPSA) is 15.3 Å². The summed E-state index contributed by atoms with van der Waals surface area (Å²) >= 11 is 0. The molecule has 1 atom stereocenters. The van der Waals surface area contributed by atoms with E-state index in [1.54, 1.807) is 11.8 Å². The molecule has 1 aliphatic heterocycles. The van der Waals surface area contributed by atoms with E-state index in [0.29, 0.717) is 26.2 Å². The highest BCUT2D eigenvalue weighted by Crippen LogP contribution is 2.42. The fourth-order valence-electron chi connectivity index (χ4n) is 2.99. The highest BCUT2D eigenvalue weighted by Gasteiger charge is 2.42. The summed E-state index contributed by atoms with van der Waals surface area (Å²) in [6.45, 7) is 3.44. The summed E-state index contributed by atoms with van der Waals surface area (Å²) in [5.74, 6) is -1.47. The molecule has 0 radical (unpaired) electrons. The summed E-state index contributed by atoms with van der Waals surface area (Å²) in [5, 5.41) is 3.03. The Kier molecular flexibility index (Phi) is 9.15. The fourth-order valence-corrected chi connectivity index (χ4v) is 2.99. The molecule has 0 unspecified atom stereocenters. The molecule has 2 rings (SSSR count). The van der Waals surface area contributed by atoms with Crippen molar-refractivity contribution in [1.82, 2.24) is 10.2 Å². The summed E-state index contributed by atoms with van der Waals surface area (Å²) in [4.78, 5) is 1.66. The van der Waals surface area contributed by atoms with Crippen LogP contribution in [0, 0.1) is 5.82 Å². The van der Waals surface area contributed by atoms with Gasteiger partial charge in [0.25, 0.3) is 0 Å². The molecule has 1 fully saturated rings. The monoisotopic (exact) mass is 430 g/mol. The van der Waals surface area contributed by atoms with Crippen LogP contribution in [0.2, 0.25) is 0 Å². The van der Waals surface area contributed by atoms with E-state index in [4.69, 9.17) is 0 Å². The van der Waals surface area contributed by atoms with Gasteiger partial charge in [0, 0.05) is 37.8 Å². The van der Waals surface area contributed by atoms with Crippen molar-refractivity contribution in [2.45, 2.75) is 31.7 Å². The Morgan fingerprint density at radius 1 is 1.00 bits per heavy atom. The van der Waals surface area contributed by atoms with Crippen molar-refractivity contribution < 1.29 is 30.7 Å². The minimum Gasteiger partial charge on any atom is -0.314 e. The molecule has 1 saturated heterocycles. The van der Waals surface area contributed by atoms with Crippen molar-refractivity contribution >= 4 is 24.8 Å². The first kappa shape index (κ1) is 25.2. The van der Waals surface area contributed by atoms with Crippen LogP contribution in [0.15, 0.2) is 12.1 Å². The average Bonchev–Trinajstić information content (AvgIpc) is 2.48. The molecule has 1 N–H and O–H groups in total. The highest BCUT2D eigenvalue weighted by molar-refractivity contribution is 5.85. The van der Waals surface area contributed by atoms with Gasteiger partial charge in [0.2, 0.25) is 0 Å². The van der Waals surface area contributed by atoms with Crippen LogP contribution in [0.5, 0.6) is 0 Å². The molecule has 26 heavy (non-hydrogen) atoms. The molecule has 0 spiro atoms. The van der Waals surface area contributed by atoms with Crippen LogP contribution in [0.25, 0.3) is 0 Å². The van der Waals surface area contributed by atoms with E-state index >= 15 is 0 Å². The zero-order valence-electron chi connectivity index (χ0n) is 13.7. The van der Waals surface area contributed by atoms with Crippen molar-refractivity contribution in [3.05, 3.63) is 34.6 Å². The molecule has 0 aromatic heterocycles. The molecule has 0 bridgehead atoms. The fraction of sp³-hybridized carbons (Fsp3) is 0.600. The summed E-state index contributed by atoms with van der Waals surface area (Å²) < 4.78 is 92.5. The molecule has 0 amide bonds. The normalized spacial score (nSPS) is 17.2. The molecule has 152 valence electrons.